The Morgan fingerprint density at radius 3 is 2.05 bits per heavy atom. The van der Waals surface area contributed by atoms with Crippen molar-refractivity contribution < 1.29 is 0 Å². The second-order valence-corrected chi connectivity index (χ2v) is 18.3. The van der Waals surface area contributed by atoms with Crippen molar-refractivity contribution in [1.82, 2.24) is 4.90 Å². The summed E-state index contributed by atoms with van der Waals surface area (Å²) in [5.41, 5.74) is 13.9. The maximum absolute atomic E-state index is 5.43. The Labute approximate surface area is 371 Å². The summed E-state index contributed by atoms with van der Waals surface area (Å²) in [6, 6.07) is 66.8. The fourth-order valence-corrected chi connectivity index (χ4v) is 12.3. The first kappa shape index (κ1) is 36.3. The Morgan fingerprint density at radius 1 is 0.556 bits per heavy atom. The molecule has 63 heavy (non-hydrogen) atoms. The number of fused-ring (bicyclic) bond motifs is 15. The van der Waals surface area contributed by atoms with Crippen LogP contribution in [0.3, 0.4) is 0 Å². The third-order valence-electron chi connectivity index (χ3n) is 14.0. The minimum Gasteiger partial charge on any atom is -0.336 e. The summed E-state index contributed by atoms with van der Waals surface area (Å²) in [6.45, 7) is 0. The first-order valence-corrected chi connectivity index (χ1v) is 22.7. The number of amidine groups is 2. The topological polar surface area (TPSA) is 28.0 Å². The predicted octanol–water partition coefficient (Wildman–Crippen LogP) is 14.3. The van der Waals surface area contributed by atoms with Crippen LogP contribution >= 0.6 is 11.3 Å². The summed E-state index contributed by atoms with van der Waals surface area (Å²) in [5, 5.41) is 5.16. The van der Waals surface area contributed by atoms with E-state index in [1.54, 1.807) is 0 Å². The molecule has 3 atom stereocenters. The van der Waals surface area contributed by atoms with E-state index in [4.69, 9.17) is 9.98 Å². The molecule has 3 unspecified atom stereocenters. The average Bonchev–Trinajstić information content (AvgIpc) is 3.97. The molecule has 0 saturated heterocycles. The highest BCUT2D eigenvalue weighted by Crippen LogP contribution is 2.67. The lowest BCUT2D eigenvalue weighted by atomic mass is 9.67. The van der Waals surface area contributed by atoms with E-state index in [0.29, 0.717) is 5.84 Å². The second kappa shape index (κ2) is 14.1. The van der Waals surface area contributed by atoms with Crippen LogP contribution in [0.4, 0.5) is 0 Å². The third kappa shape index (κ3) is 5.38. The molecule has 0 N–H and O–H groups in total. The van der Waals surface area contributed by atoms with Gasteiger partial charge in [-0.05, 0) is 91.2 Å². The van der Waals surface area contributed by atoms with Crippen LogP contribution in [0.1, 0.15) is 62.4 Å². The van der Waals surface area contributed by atoms with Crippen molar-refractivity contribution in [1.29, 1.82) is 0 Å². The minimum absolute atomic E-state index is 0.148. The fraction of sp³-hybridized carbons (Fsp3) is 0.0847. The number of thiophene rings is 1. The van der Waals surface area contributed by atoms with E-state index in [9.17, 15) is 0 Å². The summed E-state index contributed by atoms with van der Waals surface area (Å²) in [6.07, 6.45) is 11.5. The number of nitrogens with zero attached hydrogens (tertiary/aromatic N) is 3. The fourth-order valence-electron chi connectivity index (χ4n) is 11.3. The highest BCUT2D eigenvalue weighted by Gasteiger charge is 2.57. The van der Waals surface area contributed by atoms with Crippen LogP contribution in [0.25, 0.3) is 42.1 Å². The maximum atomic E-state index is 5.43. The van der Waals surface area contributed by atoms with Crippen molar-refractivity contribution in [2.75, 3.05) is 7.05 Å². The highest BCUT2D eigenvalue weighted by molar-refractivity contribution is 7.25. The summed E-state index contributed by atoms with van der Waals surface area (Å²) in [5.74, 6) is 1.89. The summed E-state index contributed by atoms with van der Waals surface area (Å²) >= 11 is 1.83. The molecule has 3 aliphatic carbocycles. The molecule has 1 spiro atoms. The van der Waals surface area contributed by atoms with Gasteiger partial charge in [-0.2, -0.15) is 0 Å². The van der Waals surface area contributed by atoms with E-state index >= 15 is 0 Å². The van der Waals surface area contributed by atoms with Crippen molar-refractivity contribution >= 4 is 54.0 Å². The molecular formula is C59H41N3S. The van der Waals surface area contributed by atoms with Crippen molar-refractivity contribution in [2.24, 2.45) is 9.98 Å². The maximum Gasteiger partial charge on any atom is 0.157 e. The molecule has 1 aliphatic heterocycles. The largest absolute Gasteiger partial charge is 0.336 e. The van der Waals surface area contributed by atoms with Crippen LogP contribution in [0.5, 0.6) is 0 Å². The van der Waals surface area contributed by atoms with Gasteiger partial charge in [0.05, 0.1) is 11.5 Å². The van der Waals surface area contributed by atoms with Crippen LogP contribution in [-0.2, 0) is 5.41 Å². The van der Waals surface area contributed by atoms with Gasteiger partial charge in [0.15, 0.2) is 5.84 Å². The molecular weight excluding hydrogens is 783 g/mol. The Morgan fingerprint density at radius 2 is 1.24 bits per heavy atom. The molecule has 0 amide bonds. The van der Waals surface area contributed by atoms with Crippen molar-refractivity contribution in [3.05, 3.63) is 263 Å². The normalized spacial score (nSPS) is 19.3. The van der Waals surface area contributed by atoms with Gasteiger partial charge >= 0.3 is 0 Å². The smallest absolute Gasteiger partial charge is 0.157 e. The van der Waals surface area contributed by atoms with Gasteiger partial charge in [0, 0.05) is 56.4 Å². The van der Waals surface area contributed by atoms with Crippen LogP contribution < -0.4 is 0 Å². The van der Waals surface area contributed by atoms with Gasteiger partial charge < -0.3 is 4.90 Å². The zero-order chi connectivity index (χ0) is 41.6. The van der Waals surface area contributed by atoms with Crippen LogP contribution in [0, 0.1) is 0 Å². The lowest BCUT2D eigenvalue weighted by Gasteiger charge is -2.35. The molecule has 13 rings (SSSR count). The van der Waals surface area contributed by atoms with E-state index < -0.39 is 0 Å². The van der Waals surface area contributed by atoms with E-state index in [-0.39, 0.29) is 23.3 Å². The average molecular weight is 824 g/mol. The van der Waals surface area contributed by atoms with E-state index in [0.717, 1.165) is 22.5 Å². The molecule has 3 nitrogen and oxygen atoms in total. The number of hydrogen-bond acceptors (Lipinski definition) is 4. The Kier molecular flexibility index (Phi) is 8.10. The zero-order valence-corrected chi connectivity index (χ0v) is 35.5. The molecule has 9 aromatic rings. The molecule has 2 heterocycles. The van der Waals surface area contributed by atoms with Gasteiger partial charge in [0.2, 0.25) is 0 Å². The SMILES string of the molecule is CN1C=CC(c2ccc(C3C=CC=C4C3c3c(ccc5ccccc35)C43c4ccccc4-c4ccccc43)cc2)N=C(c2ccccc2)N=C1c1ccc2sc3ccccc3c2c1. The minimum atomic E-state index is -0.360. The van der Waals surface area contributed by atoms with Gasteiger partial charge in [-0.25, -0.2) is 4.99 Å². The van der Waals surface area contributed by atoms with Crippen molar-refractivity contribution in [3.63, 3.8) is 0 Å². The van der Waals surface area contributed by atoms with Gasteiger partial charge in [0.1, 0.15) is 5.84 Å². The summed E-state index contributed by atoms with van der Waals surface area (Å²) < 4.78 is 2.57. The van der Waals surface area contributed by atoms with Gasteiger partial charge in [-0.3, -0.25) is 4.99 Å². The van der Waals surface area contributed by atoms with E-state index in [1.807, 2.05) is 17.4 Å². The second-order valence-electron chi connectivity index (χ2n) is 17.2. The first-order valence-electron chi connectivity index (χ1n) is 21.9. The summed E-state index contributed by atoms with van der Waals surface area (Å²) in [7, 11) is 2.09. The molecule has 0 radical (unpaired) electrons. The lowest BCUT2D eigenvalue weighted by Crippen LogP contribution is -2.28. The molecule has 1 aromatic heterocycles. The lowest BCUT2D eigenvalue weighted by molar-refractivity contribution is 0.654. The van der Waals surface area contributed by atoms with Crippen LogP contribution in [-0.4, -0.2) is 23.6 Å². The molecule has 8 aromatic carbocycles. The van der Waals surface area contributed by atoms with E-state index in [1.165, 1.54) is 75.5 Å². The van der Waals surface area contributed by atoms with Gasteiger partial charge in [-0.1, -0.05) is 176 Å². The summed E-state index contributed by atoms with van der Waals surface area (Å²) in [4.78, 5) is 13.0. The van der Waals surface area contributed by atoms with Crippen molar-refractivity contribution in [3.8, 4) is 11.1 Å². The molecule has 298 valence electrons. The number of hydrogen-bond donors (Lipinski definition) is 0. The quantitative estimate of drug-likeness (QED) is 0.174. The predicted molar refractivity (Wildman–Crippen MR) is 263 cm³/mol. The molecule has 4 heteroatoms. The highest BCUT2D eigenvalue weighted by atomic mass is 32.1. The van der Waals surface area contributed by atoms with Crippen molar-refractivity contribution in [2.45, 2.75) is 23.3 Å². The number of benzene rings is 8. The van der Waals surface area contributed by atoms with Gasteiger partial charge in [0.25, 0.3) is 0 Å². The van der Waals surface area contributed by atoms with Gasteiger partial charge in [-0.15, -0.1) is 11.3 Å². The van der Waals surface area contributed by atoms with Crippen LogP contribution in [0.2, 0.25) is 0 Å². The Hall–Kier alpha value is -7.40. The van der Waals surface area contributed by atoms with E-state index in [2.05, 4.69) is 218 Å². The molecule has 0 saturated carbocycles. The molecule has 4 aliphatic rings. The monoisotopic (exact) mass is 823 g/mol. The third-order valence-corrected chi connectivity index (χ3v) is 15.1. The van der Waals surface area contributed by atoms with Crippen LogP contribution in [0.15, 0.2) is 228 Å². The first-order chi connectivity index (χ1) is 31.1. The number of allylic oxidation sites excluding steroid dienone is 4. The Bertz CT molecular complexity index is 3450. The molecule has 0 fully saturated rings. The zero-order valence-electron chi connectivity index (χ0n) is 34.7. The number of aliphatic imine (C=N–C) groups is 2. The Balaban J connectivity index is 0.911. The standard InChI is InChI=1S/C59H41N3S/c1-62-35-34-52(60-57(40-15-3-2-4-16-40)61-58(62)41-31-33-54-47(36-41)46-20-9-12-25-53(46)63-54)39-28-26-38(27-29-39)43-21-13-24-50-55(43)56-42-17-6-5-14-37(42)30-32-51(56)59(50)48-22-10-7-18-44(48)45-19-8-11-23-49(45)59/h2-36,43,52,55H,1H3. The number of rotatable bonds is 4. The molecule has 0 bridgehead atoms.